The third kappa shape index (κ3) is 13.0. The van der Waals surface area contributed by atoms with Gasteiger partial charge in [0, 0.05) is 50.1 Å². The van der Waals surface area contributed by atoms with Crippen LogP contribution in [0.3, 0.4) is 0 Å². The van der Waals surface area contributed by atoms with Crippen LogP contribution in [0.2, 0.25) is 0 Å². The molecule has 308 valence electrons. The number of carboxylic acids is 1. The minimum atomic E-state index is -5.08. The van der Waals surface area contributed by atoms with Crippen LogP contribution < -0.4 is 16.4 Å². The Bertz CT molecular complexity index is 1950. The largest absolute Gasteiger partial charge is 0.490 e. The molecule has 0 saturated carbocycles. The summed E-state index contributed by atoms with van der Waals surface area (Å²) in [5, 5.41) is 22.2. The summed E-state index contributed by atoms with van der Waals surface area (Å²) in [4.78, 5) is 77.4. The van der Waals surface area contributed by atoms with Crippen LogP contribution >= 0.6 is 0 Å². The maximum absolute atomic E-state index is 14.9. The fourth-order valence-electron chi connectivity index (χ4n) is 5.58. The topological polar surface area (TPSA) is 217 Å². The van der Waals surface area contributed by atoms with E-state index in [9.17, 15) is 51.0 Å². The molecule has 15 nitrogen and oxygen atoms in total. The number of halogens is 5. The van der Waals surface area contributed by atoms with E-state index in [1.165, 1.54) is 4.90 Å². The molecule has 0 unspecified atom stereocenters. The summed E-state index contributed by atoms with van der Waals surface area (Å²) in [5.74, 6) is -6.72. The van der Waals surface area contributed by atoms with E-state index in [0.29, 0.717) is 5.82 Å². The van der Waals surface area contributed by atoms with Gasteiger partial charge in [-0.1, -0.05) is 51.1 Å². The van der Waals surface area contributed by atoms with Crippen molar-refractivity contribution in [2.24, 2.45) is 11.1 Å². The molecule has 4 rings (SSSR count). The van der Waals surface area contributed by atoms with Crippen molar-refractivity contribution in [3.63, 3.8) is 0 Å². The average Bonchev–Trinajstić information content (AvgIpc) is 3.69. The SMILES string of the molecule is CC(C)(C)[C@H](c1nc(-c2cc(F)ccc2F)cn1Cc1ccccc1)N(CC[C@H](N)C(=O)NCCNC(=O)CN1C(=O)C=CC1=O)C(=O)CO.O=C(O)C(F)(F)F. The Hall–Kier alpha value is -6.02. The molecule has 6 N–H and O–H groups in total. The molecule has 0 saturated heterocycles. The summed E-state index contributed by atoms with van der Waals surface area (Å²) < 4.78 is 62.6. The second kappa shape index (κ2) is 19.7. The Morgan fingerprint density at radius 2 is 1.54 bits per heavy atom. The van der Waals surface area contributed by atoms with E-state index >= 15 is 0 Å². The van der Waals surface area contributed by atoms with E-state index < -0.39 is 84.0 Å². The van der Waals surface area contributed by atoms with Gasteiger partial charge >= 0.3 is 12.1 Å². The van der Waals surface area contributed by atoms with Gasteiger partial charge in [0.15, 0.2) is 0 Å². The first-order chi connectivity index (χ1) is 26.6. The Kier molecular flexibility index (Phi) is 15.7. The minimum Gasteiger partial charge on any atom is -0.475 e. The van der Waals surface area contributed by atoms with Crippen LogP contribution in [-0.4, -0.2) is 110 Å². The van der Waals surface area contributed by atoms with Gasteiger partial charge in [-0.25, -0.2) is 18.6 Å². The smallest absolute Gasteiger partial charge is 0.475 e. The summed E-state index contributed by atoms with van der Waals surface area (Å²) in [6.45, 7) is 4.52. The molecule has 5 amide bonds. The second-order valence-electron chi connectivity index (χ2n) is 13.7. The van der Waals surface area contributed by atoms with Crippen LogP contribution in [0.15, 0.2) is 66.9 Å². The van der Waals surface area contributed by atoms with Crippen molar-refractivity contribution in [2.45, 2.75) is 52.0 Å². The Morgan fingerprint density at radius 3 is 2.11 bits per heavy atom. The first-order valence-electron chi connectivity index (χ1n) is 17.2. The second-order valence-corrected chi connectivity index (χ2v) is 13.7. The molecule has 1 aliphatic heterocycles. The molecule has 20 heteroatoms. The maximum Gasteiger partial charge on any atom is 0.490 e. The number of nitrogens with zero attached hydrogens (tertiary/aromatic N) is 4. The number of imide groups is 1. The predicted molar refractivity (Wildman–Crippen MR) is 192 cm³/mol. The zero-order valence-electron chi connectivity index (χ0n) is 31.1. The number of hydrogen-bond donors (Lipinski definition) is 5. The van der Waals surface area contributed by atoms with Gasteiger partial charge in [-0.3, -0.25) is 28.9 Å². The van der Waals surface area contributed by atoms with E-state index in [4.69, 9.17) is 20.6 Å². The highest BCUT2D eigenvalue weighted by Gasteiger charge is 2.39. The van der Waals surface area contributed by atoms with Crippen molar-refractivity contribution in [1.29, 1.82) is 0 Å². The molecule has 0 aliphatic carbocycles. The highest BCUT2D eigenvalue weighted by Crippen LogP contribution is 2.39. The third-order valence-electron chi connectivity index (χ3n) is 8.25. The summed E-state index contributed by atoms with van der Waals surface area (Å²) in [6.07, 6.45) is -1.37. The molecule has 0 spiro atoms. The Labute approximate surface area is 323 Å². The highest BCUT2D eigenvalue weighted by molar-refractivity contribution is 6.14. The number of hydrogen-bond acceptors (Lipinski definition) is 9. The number of alkyl halides is 3. The lowest BCUT2D eigenvalue weighted by Crippen LogP contribution is -2.48. The van der Waals surface area contributed by atoms with Crippen LogP contribution in [0, 0.1) is 17.0 Å². The number of carboxylic acid groups (broad SMARTS) is 1. The van der Waals surface area contributed by atoms with E-state index in [0.717, 1.165) is 40.8 Å². The molecule has 2 heterocycles. The zero-order valence-corrected chi connectivity index (χ0v) is 31.1. The summed E-state index contributed by atoms with van der Waals surface area (Å²) >= 11 is 0. The van der Waals surface area contributed by atoms with Gasteiger partial charge in [-0.15, -0.1) is 0 Å². The van der Waals surface area contributed by atoms with Crippen molar-refractivity contribution in [3.8, 4) is 11.3 Å². The lowest BCUT2D eigenvalue weighted by Gasteiger charge is -2.40. The van der Waals surface area contributed by atoms with Crippen LogP contribution in [0.4, 0.5) is 22.0 Å². The van der Waals surface area contributed by atoms with Gasteiger partial charge in [0.2, 0.25) is 17.7 Å². The molecular weight excluding hydrogens is 765 g/mol. The van der Waals surface area contributed by atoms with E-state index in [1.54, 1.807) is 10.8 Å². The number of imidazole rings is 1. The van der Waals surface area contributed by atoms with Gasteiger partial charge in [0.25, 0.3) is 11.8 Å². The van der Waals surface area contributed by atoms with Gasteiger partial charge in [-0.2, -0.15) is 13.2 Å². The van der Waals surface area contributed by atoms with Gasteiger partial charge < -0.3 is 36.0 Å². The molecule has 3 aromatic rings. The fourth-order valence-corrected chi connectivity index (χ4v) is 5.58. The number of rotatable bonds is 15. The monoisotopic (exact) mass is 807 g/mol. The number of nitrogens with one attached hydrogen (secondary N) is 2. The summed E-state index contributed by atoms with van der Waals surface area (Å²) in [5.41, 5.74) is 6.45. The lowest BCUT2D eigenvalue weighted by molar-refractivity contribution is -0.192. The highest BCUT2D eigenvalue weighted by atomic mass is 19.4. The number of nitrogens with two attached hydrogens (primary N) is 1. The lowest BCUT2D eigenvalue weighted by atomic mass is 9.84. The number of aromatic nitrogens is 2. The van der Waals surface area contributed by atoms with Crippen LogP contribution in [0.1, 0.15) is 44.6 Å². The number of carbonyl (C=O) groups is 6. The number of aliphatic carboxylic acids is 1. The number of carbonyl (C=O) groups excluding carboxylic acids is 5. The Balaban J connectivity index is 0.00000113. The molecule has 1 aliphatic rings. The zero-order chi connectivity index (χ0) is 42.7. The molecule has 1 aromatic heterocycles. The first kappa shape index (κ1) is 45.4. The summed E-state index contributed by atoms with van der Waals surface area (Å²) in [7, 11) is 0. The molecular formula is C37H42F5N7O8. The molecule has 0 fully saturated rings. The number of amides is 5. The third-order valence-corrected chi connectivity index (χ3v) is 8.25. The quantitative estimate of drug-likeness (QED) is 0.0858. The first-order valence-corrected chi connectivity index (χ1v) is 17.2. The standard InChI is InChI=1S/C35H41F2N7O6.C2HF3O2/c1-35(2,3)32(33-41-27(24-17-23(36)9-10-25(24)37)19-42(33)18-22-7-5-4-6-8-22)43(31(49)21-45)16-13-26(38)34(50)40-15-14-39-28(46)20-44-29(47)11-12-30(44)48;3-2(4,5)1(6)7/h4-12,17,19,26,32,45H,13-16,18,20-21,38H2,1-3H3,(H,39,46)(H,40,50);(H,6,7)/t26-,32-;/m0./s1. The van der Waals surface area contributed by atoms with Crippen molar-refractivity contribution in [1.82, 2.24) is 30.0 Å². The maximum atomic E-state index is 14.9. The number of aliphatic hydroxyl groups excluding tert-OH is 1. The molecule has 57 heavy (non-hydrogen) atoms. The average molecular weight is 808 g/mol. The van der Waals surface area contributed by atoms with E-state index in [-0.39, 0.29) is 43.9 Å². The normalized spacial score (nSPS) is 13.8. The van der Waals surface area contributed by atoms with Crippen LogP contribution in [0.25, 0.3) is 11.3 Å². The fraction of sp³-hybridized carbons (Fsp3) is 0.378. The van der Waals surface area contributed by atoms with Gasteiger partial charge in [0.1, 0.15) is 30.6 Å². The molecule has 0 radical (unpaired) electrons. The van der Waals surface area contributed by atoms with Crippen molar-refractivity contribution in [3.05, 3.63) is 89.9 Å². The van der Waals surface area contributed by atoms with Crippen LogP contribution in [-0.2, 0) is 35.3 Å². The Morgan fingerprint density at radius 1 is 0.947 bits per heavy atom. The number of benzene rings is 2. The molecule has 2 aromatic carbocycles. The van der Waals surface area contributed by atoms with Crippen molar-refractivity contribution in [2.75, 3.05) is 32.8 Å². The predicted octanol–water partition coefficient (Wildman–Crippen LogP) is 2.29. The van der Waals surface area contributed by atoms with E-state index in [2.05, 4.69) is 10.6 Å². The minimum absolute atomic E-state index is 0.000475. The van der Waals surface area contributed by atoms with Crippen molar-refractivity contribution >= 4 is 35.5 Å². The van der Waals surface area contributed by atoms with Gasteiger partial charge in [0.05, 0.1) is 17.8 Å². The summed E-state index contributed by atoms with van der Waals surface area (Å²) in [6, 6.07) is 10.5. The number of aliphatic hydroxyl groups is 1. The van der Waals surface area contributed by atoms with Crippen molar-refractivity contribution < 1.29 is 60.9 Å². The molecule has 2 atom stereocenters. The van der Waals surface area contributed by atoms with Crippen LogP contribution in [0.5, 0.6) is 0 Å². The van der Waals surface area contributed by atoms with Gasteiger partial charge in [-0.05, 0) is 35.6 Å². The molecule has 0 bridgehead atoms. The van der Waals surface area contributed by atoms with E-state index in [1.807, 2.05) is 51.1 Å².